The van der Waals surface area contributed by atoms with Crippen LogP contribution in [0.15, 0.2) is 55.1 Å². The van der Waals surface area contributed by atoms with Gasteiger partial charge in [0.05, 0.1) is 30.3 Å². The topological polar surface area (TPSA) is 89.8 Å². The second-order valence-corrected chi connectivity index (χ2v) is 11.2. The maximum absolute atomic E-state index is 13.5. The fourth-order valence-corrected chi connectivity index (χ4v) is 6.09. The van der Waals surface area contributed by atoms with Gasteiger partial charge >= 0.3 is 5.97 Å². The Morgan fingerprint density at radius 3 is 2.51 bits per heavy atom. The number of hydrogen-bond acceptors (Lipinski definition) is 5. The van der Waals surface area contributed by atoms with E-state index in [1.165, 1.54) is 0 Å². The van der Waals surface area contributed by atoms with Gasteiger partial charge in [0, 0.05) is 18.0 Å². The first-order valence-corrected chi connectivity index (χ1v) is 13.8. The first-order chi connectivity index (χ1) is 18.7. The Hall–Kier alpha value is -3.13. The van der Waals surface area contributed by atoms with E-state index < -0.39 is 11.5 Å². The van der Waals surface area contributed by atoms with Crippen molar-refractivity contribution >= 4 is 34.4 Å². The van der Waals surface area contributed by atoms with Crippen LogP contribution in [0.1, 0.15) is 58.8 Å². The summed E-state index contributed by atoms with van der Waals surface area (Å²) < 4.78 is 12.9. The molecule has 1 aromatic heterocycles. The number of esters is 1. The second-order valence-electron chi connectivity index (χ2n) is 10.8. The fourth-order valence-electron chi connectivity index (χ4n) is 5.88. The van der Waals surface area contributed by atoms with E-state index in [1.54, 1.807) is 6.08 Å². The minimum Gasteiger partial charge on any atom is -0.461 e. The van der Waals surface area contributed by atoms with E-state index in [-0.39, 0.29) is 30.5 Å². The van der Waals surface area contributed by atoms with Crippen molar-refractivity contribution in [2.75, 3.05) is 19.8 Å². The molecular weight excluding hydrogens is 516 g/mol. The highest BCUT2D eigenvalue weighted by Gasteiger charge is 2.43. The van der Waals surface area contributed by atoms with Gasteiger partial charge in [0.25, 0.3) is 5.91 Å². The highest BCUT2D eigenvalue weighted by atomic mass is 35.5. The number of amides is 1. The van der Waals surface area contributed by atoms with E-state index in [9.17, 15) is 14.7 Å². The summed E-state index contributed by atoms with van der Waals surface area (Å²) in [5, 5.41) is 14.7. The van der Waals surface area contributed by atoms with Gasteiger partial charge in [-0.05, 0) is 67.3 Å². The summed E-state index contributed by atoms with van der Waals surface area (Å²) in [6, 6.07) is 13.6. The first-order valence-electron chi connectivity index (χ1n) is 13.4. The molecule has 1 unspecified atom stereocenters. The molecule has 1 saturated carbocycles. The molecule has 0 bridgehead atoms. The largest absolute Gasteiger partial charge is 0.461 e. The predicted molar refractivity (Wildman–Crippen MR) is 151 cm³/mol. The molecular formula is C31H35ClN2O5. The van der Waals surface area contributed by atoms with Crippen LogP contribution in [0.4, 0.5) is 0 Å². The molecule has 206 valence electrons. The quantitative estimate of drug-likeness (QED) is 0.299. The molecule has 1 amide bonds. The van der Waals surface area contributed by atoms with Gasteiger partial charge in [-0.15, -0.1) is 0 Å². The zero-order chi connectivity index (χ0) is 27.7. The van der Waals surface area contributed by atoms with Crippen molar-refractivity contribution in [3.05, 3.63) is 82.5 Å². The predicted octanol–water partition coefficient (Wildman–Crippen LogP) is 5.16. The average molecular weight is 551 g/mol. The monoisotopic (exact) mass is 550 g/mol. The van der Waals surface area contributed by atoms with Gasteiger partial charge < -0.3 is 24.5 Å². The van der Waals surface area contributed by atoms with E-state index in [0.717, 1.165) is 40.4 Å². The van der Waals surface area contributed by atoms with Gasteiger partial charge in [-0.2, -0.15) is 0 Å². The minimum atomic E-state index is -0.667. The van der Waals surface area contributed by atoms with Gasteiger partial charge in [0.2, 0.25) is 0 Å². The van der Waals surface area contributed by atoms with Crippen molar-refractivity contribution < 1.29 is 24.2 Å². The Kier molecular flexibility index (Phi) is 7.85. The smallest absolute Gasteiger partial charge is 0.314 e. The molecule has 5 rings (SSSR count). The van der Waals surface area contributed by atoms with Crippen LogP contribution in [0.2, 0.25) is 5.02 Å². The third-order valence-corrected chi connectivity index (χ3v) is 8.77. The van der Waals surface area contributed by atoms with E-state index in [2.05, 4.69) is 11.9 Å². The number of fused-ring (bicyclic) bond motifs is 1. The standard InChI is InChI=1S/C31H35ClN2O5/c1-4-15-39-30(37)27(21-8-12-23(35)13-9-21)20-6-10-22(11-7-20)31(17-38-18-31)33-29(36)26-16-24-25(34(26)3)14-5-19(2)28(24)32/h4-7,10-11,14,16,21,23,27,35H,1,8-9,12-13,15,17-18H2,2-3H3,(H,33,36). The number of aliphatic hydroxyl groups excluding tert-OH is 1. The molecule has 2 aromatic carbocycles. The third kappa shape index (κ3) is 5.23. The molecule has 7 nitrogen and oxygen atoms in total. The lowest BCUT2D eigenvalue weighted by molar-refractivity contribution is -0.146. The van der Waals surface area contributed by atoms with Crippen LogP contribution in [-0.2, 0) is 26.9 Å². The normalized spacial score (nSPS) is 21.1. The van der Waals surface area contributed by atoms with Crippen molar-refractivity contribution in [1.82, 2.24) is 9.88 Å². The van der Waals surface area contributed by atoms with Gasteiger partial charge in [0.15, 0.2) is 0 Å². The zero-order valence-corrected chi connectivity index (χ0v) is 23.2. The van der Waals surface area contributed by atoms with Crippen LogP contribution in [0.25, 0.3) is 10.9 Å². The number of nitrogens with one attached hydrogen (secondary N) is 1. The highest BCUT2D eigenvalue weighted by molar-refractivity contribution is 6.36. The number of halogens is 1. The number of rotatable bonds is 8. The molecule has 1 aliphatic heterocycles. The van der Waals surface area contributed by atoms with Gasteiger partial charge in [-0.3, -0.25) is 9.59 Å². The third-order valence-electron chi connectivity index (χ3n) is 8.27. The molecule has 1 atom stereocenters. The molecule has 39 heavy (non-hydrogen) atoms. The second kappa shape index (κ2) is 11.2. The summed E-state index contributed by atoms with van der Waals surface area (Å²) in [5.74, 6) is -0.803. The number of carbonyl (C=O) groups is 2. The molecule has 0 radical (unpaired) electrons. The first kappa shape index (κ1) is 27.4. The van der Waals surface area contributed by atoms with Crippen LogP contribution in [0, 0.1) is 12.8 Å². The number of aryl methyl sites for hydroxylation is 2. The van der Waals surface area contributed by atoms with Gasteiger partial charge in [-0.25, -0.2) is 0 Å². The van der Waals surface area contributed by atoms with E-state index in [4.69, 9.17) is 21.1 Å². The number of hydrogen-bond donors (Lipinski definition) is 2. The number of aliphatic hydroxyl groups is 1. The minimum absolute atomic E-state index is 0.0965. The molecule has 3 aromatic rings. The van der Waals surface area contributed by atoms with Crippen LogP contribution in [-0.4, -0.2) is 47.5 Å². The molecule has 2 fully saturated rings. The summed E-state index contributed by atoms with van der Waals surface area (Å²) in [7, 11) is 1.86. The Morgan fingerprint density at radius 1 is 1.21 bits per heavy atom. The molecule has 2 aliphatic rings. The summed E-state index contributed by atoms with van der Waals surface area (Å²) in [6.45, 7) is 6.46. The average Bonchev–Trinajstić information content (AvgIpc) is 3.25. The number of benzene rings is 2. The van der Waals surface area contributed by atoms with E-state index in [1.807, 2.05) is 61.0 Å². The van der Waals surface area contributed by atoms with Crippen LogP contribution in [0.3, 0.4) is 0 Å². The Balaban J connectivity index is 1.39. The SMILES string of the molecule is C=CCOC(=O)C(c1ccc(C2(NC(=O)c3cc4c(Cl)c(C)ccc4n3C)COC2)cc1)C1CCC(O)CC1. The summed E-state index contributed by atoms with van der Waals surface area (Å²) in [5.41, 5.74) is 3.49. The van der Waals surface area contributed by atoms with Crippen molar-refractivity contribution in [3.8, 4) is 0 Å². The van der Waals surface area contributed by atoms with Crippen LogP contribution in [0.5, 0.6) is 0 Å². The fraction of sp³-hybridized carbons (Fsp3) is 0.419. The lowest BCUT2D eigenvalue weighted by atomic mass is 9.75. The highest BCUT2D eigenvalue weighted by Crippen LogP contribution is 2.39. The molecule has 1 saturated heterocycles. The van der Waals surface area contributed by atoms with Crippen molar-refractivity contribution in [3.63, 3.8) is 0 Å². The lowest BCUT2D eigenvalue weighted by Gasteiger charge is -2.42. The lowest BCUT2D eigenvalue weighted by Crippen LogP contribution is -2.59. The molecule has 8 heteroatoms. The van der Waals surface area contributed by atoms with Crippen molar-refractivity contribution in [2.45, 2.75) is 50.2 Å². The zero-order valence-electron chi connectivity index (χ0n) is 22.4. The maximum Gasteiger partial charge on any atom is 0.314 e. The van der Waals surface area contributed by atoms with Crippen LogP contribution < -0.4 is 5.32 Å². The molecule has 0 spiro atoms. The van der Waals surface area contributed by atoms with Crippen molar-refractivity contribution in [1.29, 1.82) is 0 Å². The number of nitrogens with zero attached hydrogens (tertiary/aromatic N) is 1. The van der Waals surface area contributed by atoms with Crippen molar-refractivity contribution in [2.24, 2.45) is 13.0 Å². The Morgan fingerprint density at radius 2 is 1.90 bits per heavy atom. The molecule has 2 heterocycles. The Labute approximate surface area is 233 Å². The summed E-state index contributed by atoms with van der Waals surface area (Å²) in [4.78, 5) is 26.6. The van der Waals surface area contributed by atoms with E-state index in [0.29, 0.717) is 36.8 Å². The van der Waals surface area contributed by atoms with Gasteiger partial charge in [-0.1, -0.05) is 54.6 Å². The Bertz CT molecular complexity index is 1380. The van der Waals surface area contributed by atoms with E-state index >= 15 is 0 Å². The molecule has 1 aliphatic carbocycles. The molecule has 2 N–H and O–H groups in total. The number of carbonyl (C=O) groups excluding carboxylic acids is 2. The summed E-state index contributed by atoms with van der Waals surface area (Å²) in [6.07, 6.45) is 4.14. The number of aromatic nitrogens is 1. The summed E-state index contributed by atoms with van der Waals surface area (Å²) >= 11 is 6.52. The van der Waals surface area contributed by atoms with Crippen LogP contribution >= 0.6 is 11.6 Å². The maximum atomic E-state index is 13.5. The van der Waals surface area contributed by atoms with Gasteiger partial charge in [0.1, 0.15) is 17.8 Å². The number of ether oxygens (including phenoxy) is 2.